The molecule has 2 aromatic rings. The molecule has 1 saturated heterocycles. The van der Waals surface area contributed by atoms with Crippen LogP contribution in [0.2, 0.25) is 0 Å². The second-order valence-corrected chi connectivity index (χ2v) is 11.4. The number of ether oxygens (including phenoxy) is 2. The normalized spacial score (nSPS) is 26.9. The van der Waals surface area contributed by atoms with Crippen molar-refractivity contribution >= 4 is 23.2 Å². The van der Waals surface area contributed by atoms with Crippen LogP contribution < -0.4 is 5.32 Å². The summed E-state index contributed by atoms with van der Waals surface area (Å²) in [6.07, 6.45) is 4.58. The van der Waals surface area contributed by atoms with Crippen LogP contribution >= 0.6 is 12.2 Å². The quantitative estimate of drug-likeness (QED) is 0.523. The number of fused-ring (bicyclic) bond motifs is 1. The van der Waals surface area contributed by atoms with Gasteiger partial charge >= 0.3 is 6.18 Å². The highest BCUT2D eigenvalue weighted by Crippen LogP contribution is 2.42. The first-order valence-electron chi connectivity index (χ1n) is 13.5. The monoisotopic (exact) mass is 580 g/mol. The van der Waals surface area contributed by atoms with Gasteiger partial charge in [0.25, 0.3) is 0 Å². The molecule has 3 aliphatic rings. The van der Waals surface area contributed by atoms with Crippen LogP contribution in [0.15, 0.2) is 31.0 Å². The maximum absolute atomic E-state index is 14.3. The fourth-order valence-corrected chi connectivity index (χ4v) is 6.47. The number of pyridine rings is 1. The maximum atomic E-state index is 14.3. The molecule has 2 aromatic heterocycles. The molecule has 9 nitrogen and oxygen atoms in total. The number of alkyl halides is 3. The molecule has 5 rings (SSSR count). The molecule has 0 radical (unpaired) electrons. The Morgan fingerprint density at radius 1 is 1.38 bits per heavy atom. The van der Waals surface area contributed by atoms with Gasteiger partial charge in [-0.3, -0.25) is 14.3 Å². The molecule has 1 saturated carbocycles. The second kappa shape index (κ2) is 11.7. The van der Waals surface area contributed by atoms with Crippen molar-refractivity contribution in [2.45, 2.75) is 63.0 Å². The minimum Gasteiger partial charge on any atom is -0.379 e. The van der Waals surface area contributed by atoms with E-state index in [2.05, 4.69) is 15.3 Å². The fraction of sp³-hybridized carbons (Fsp3) is 0.630. The van der Waals surface area contributed by atoms with Crippen LogP contribution in [0, 0.1) is 5.41 Å². The Balaban J connectivity index is 1.37. The average molecular weight is 581 g/mol. The fourth-order valence-electron chi connectivity index (χ4n) is 6.29. The van der Waals surface area contributed by atoms with Gasteiger partial charge in [-0.2, -0.15) is 13.2 Å². The molecular formula is C27H35F3N6O3S. The van der Waals surface area contributed by atoms with Crippen LogP contribution in [0.25, 0.3) is 0 Å². The van der Waals surface area contributed by atoms with Crippen LogP contribution in [0.3, 0.4) is 0 Å². The van der Waals surface area contributed by atoms with Gasteiger partial charge in [-0.15, -0.1) is 0 Å². The summed E-state index contributed by atoms with van der Waals surface area (Å²) in [5.41, 5.74) is -0.502. The molecular weight excluding hydrogens is 545 g/mol. The largest absolute Gasteiger partial charge is 0.417 e. The van der Waals surface area contributed by atoms with Crippen molar-refractivity contribution in [1.29, 1.82) is 0 Å². The van der Waals surface area contributed by atoms with Gasteiger partial charge in [0.1, 0.15) is 6.33 Å². The lowest BCUT2D eigenvalue weighted by Crippen LogP contribution is -2.53. The standard InChI is InChI=1S/C27H35F3N6O3S/c1-34(25(40)36-9-7-31-17-36)16-26(6-3-20(12-26)33-22-5-10-39-15-23(22)38-2)24(37)35-8-4-21-18(14-35)11-19(13-32-21)27(28,29)30/h7,9,11,13,17,20,22-23,33H,3-6,8,10,12,14-16H2,1-2H3/t20?,22?,23?,26-/m0/s1. The van der Waals surface area contributed by atoms with Gasteiger partial charge in [-0.05, 0) is 49.5 Å². The zero-order chi connectivity index (χ0) is 28.5. The third-order valence-electron chi connectivity index (χ3n) is 8.36. The van der Waals surface area contributed by atoms with Crippen molar-refractivity contribution in [2.75, 3.05) is 40.5 Å². The third-order valence-corrected chi connectivity index (χ3v) is 8.89. The van der Waals surface area contributed by atoms with Gasteiger partial charge in [0.2, 0.25) is 5.91 Å². The Hall–Kier alpha value is -2.61. The molecule has 13 heteroatoms. The van der Waals surface area contributed by atoms with Gasteiger partial charge in [0.05, 0.1) is 23.7 Å². The minimum absolute atomic E-state index is 0.0598. The van der Waals surface area contributed by atoms with Gasteiger partial charge < -0.3 is 24.6 Å². The van der Waals surface area contributed by atoms with Gasteiger partial charge in [0, 0.05) is 83.2 Å². The summed E-state index contributed by atoms with van der Waals surface area (Å²) in [5.74, 6) is -0.0598. The van der Waals surface area contributed by atoms with Crippen LogP contribution in [-0.2, 0) is 33.4 Å². The number of hydrogen-bond donors (Lipinski definition) is 1. The molecule has 1 amide bonds. The topological polar surface area (TPSA) is 84.8 Å². The molecule has 4 heterocycles. The zero-order valence-corrected chi connectivity index (χ0v) is 23.5. The maximum Gasteiger partial charge on any atom is 0.417 e. The molecule has 40 heavy (non-hydrogen) atoms. The van der Waals surface area contributed by atoms with Gasteiger partial charge in [-0.1, -0.05) is 0 Å². The van der Waals surface area contributed by atoms with Crippen molar-refractivity contribution in [3.05, 3.63) is 47.8 Å². The van der Waals surface area contributed by atoms with Gasteiger partial charge in [0.15, 0.2) is 5.11 Å². The predicted octanol–water partition coefficient (Wildman–Crippen LogP) is 2.88. The zero-order valence-electron chi connectivity index (χ0n) is 22.7. The van der Waals surface area contributed by atoms with Crippen molar-refractivity contribution in [3.63, 3.8) is 0 Å². The molecule has 2 aliphatic heterocycles. The van der Waals surface area contributed by atoms with E-state index in [-0.39, 0.29) is 30.6 Å². The summed E-state index contributed by atoms with van der Waals surface area (Å²) < 4.78 is 53.1. The number of amides is 1. The highest BCUT2D eigenvalue weighted by atomic mass is 32.1. The molecule has 1 N–H and O–H groups in total. The van der Waals surface area contributed by atoms with E-state index < -0.39 is 17.2 Å². The SMILES string of the molecule is COC1COCCC1NC1CC[C@](CN(C)C(=S)n2ccnc2)(C(=O)N2CCc3ncc(C(F)(F)F)cc3C2)C1. The Morgan fingerprint density at radius 3 is 2.92 bits per heavy atom. The summed E-state index contributed by atoms with van der Waals surface area (Å²) >= 11 is 5.68. The molecule has 3 unspecified atom stereocenters. The lowest BCUT2D eigenvalue weighted by molar-refractivity contribution is -0.143. The van der Waals surface area contributed by atoms with Crippen LogP contribution in [0.5, 0.6) is 0 Å². The Labute approximate surface area is 237 Å². The Morgan fingerprint density at radius 2 is 2.20 bits per heavy atom. The number of hydrogen-bond acceptors (Lipinski definition) is 7. The van der Waals surface area contributed by atoms with E-state index in [1.165, 1.54) is 0 Å². The number of aromatic nitrogens is 3. The Kier molecular flexibility index (Phi) is 8.46. The van der Waals surface area contributed by atoms with E-state index in [9.17, 15) is 18.0 Å². The summed E-state index contributed by atoms with van der Waals surface area (Å²) in [6.45, 7) is 2.07. The number of imidazole rings is 1. The summed E-state index contributed by atoms with van der Waals surface area (Å²) in [5, 5.41) is 4.25. The molecule has 0 spiro atoms. The first-order chi connectivity index (χ1) is 19.1. The number of rotatable bonds is 6. The lowest BCUT2D eigenvalue weighted by Gasteiger charge is -2.40. The van der Waals surface area contributed by atoms with Crippen molar-refractivity contribution in [1.82, 2.24) is 29.7 Å². The van der Waals surface area contributed by atoms with Crippen LogP contribution in [0.1, 0.15) is 42.5 Å². The van der Waals surface area contributed by atoms with E-state index in [1.807, 2.05) is 11.9 Å². The number of thiocarbonyl (C=S) groups is 1. The highest BCUT2D eigenvalue weighted by molar-refractivity contribution is 7.80. The van der Waals surface area contributed by atoms with Crippen molar-refractivity contribution in [3.8, 4) is 0 Å². The molecule has 0 aromatic carbocycles. The Bertz CT molecular complexity index is 1210. The number of nitrogens with one attached hydrogen (secondary N) is 1. The van der Waals surface area contributed by atoms with E-state index in [1.54, 1.807) is 35.3 Å². The summed E-state index contributed by atoms with van der Waals surface area (Å²) in [6, 6.07) is 1.33. The number of methoxy groups -OCH3 is 1. The first kappa shape index (κ1) is 28.9. The smallest absolute Gasteiger partial charge is 0.379 e. The first-order valence-corrected chi connectivity index (χ1v) is 13.9. The molecule has 0 bridgehead atoms. The minimum atomic E-state index is -4.49. The molecule has 218 valence electrons. The van der Waals surface area contributed by atoms with E-state index in [4.69, 9.17) is 21.7 Å². The van der Waals surface area contributed by atoms with Crippen molar-refractivity contribution < 1.29 is 27.4 Å². The third kappa shape index (κ3) is 6.02. The van der Waals surface area contributed by atoms with E-state index in [0.717, 1.165) is 25.1 Å². The molecule has 1 aliphatic carbocycles. The lowest BCUT2D eigenvalue weighted by atomic mass is 9.82. The number of carbonyl (C=O) groups is 1. The van der Waals surface area contributed by atoms with E-state index >= 15 is 0 Å². The highest BCUT2D eigenvalue weighted by Gasteiger charge is 2.49. The summed E-state index contributed by atoms with van der Waals surface area (Å²) in [7, 11) is 3.54. The molecule has 4 atom stereocenters. The number of carbonyl (C=O) groups excluding carboxylic acids is 1. The predicted molar refractivity (Wildman–Crippen MR) is 144 cm³/mol. The van der Waals surface area contributed by atoms with Crippen molar-refractivity contribution in [2.24, 2.45) is 5.41 Å². The molecule has 2 fully saturated rings. The second-order valence-electron chi connectivity index (χ2n) is 11.0. The summed E-state index contributed by atoms with van der Waals surface area (Å²) in [4.78, 5) is 26.1. The van der Waals surface area contributed by atoms with Crippen LogP contribution in [-0.4, -0.2) is 94.0 Å². The van der Waals surface area contributed by atoms with Gasteiger partial charge in [-0.25, -0.2) is 4.98 Å². The average Bonchev–Trinajstić information content (AvgIpc) is 3.63. The number of halogens is 3. The van der Waals surface area contributed by atoms with Crippen LogP contribution in [0.4, 0.5) is 13.2 Å². The number of nitrogens with zero attached hydrogens (tertiary/aromatic N) is 5. The van der Waals surface area contributed by atoms with E-state index in [0.29, 0.717) is 61.9 Å².